The predicted molar refractivity (Wildman–Crippen MR) is 104 cm³/mol. The maximum Gasteiger partial charge on any atom is 0.341 e. The molecule has 0 fully saturated rings. The van der Waals surface area contributed by atoms with Crippen LogP contribution < -0.4 is 5.32 Å². The summed E-state index contributed by atoms with van der Waals surface area (Å²) in [5, 5.41) is 3.70. The third kappa shape index (κ3) is 5.84. The number of fused-ring (bicyclic) bond motifs is 1. The monoisotopic (exact) mass is 365 g/mol. The second-order valence-electron chi connectivity index (χ2n) is 6.70. The van der Waals surface area contributed by atoms with Crippen molar-refractivity contribution in [3.63, 3.8) is 0 Å². The Bertz CT molecular complexity index is 580. The van der Waals surface area contributed by atoms with Crippen LogP contribution in [0.4, 0.5) is 5.00 Å². The Morgan fingerprint density at radius 2 is 1.80 bits per heavy atom. The maximum absolute atomic E-state index is 12.5. The average molecular weight is 366 g/mol. The number of carbonyl (C=O) groups is 2. The van der Waals surface area contributed by atoms with Gasteiger partial charge >= 0.3 is 5.97 Å². The Kier molecular flexibility index (Phi) is 8.45. The number of hydrogen-bond acceptors (Lipinski definition) is 4. The molecule has 0 saturated heterocycles. The fraction of sp³-hybridized carbons (Fsp3) is 0.700. The van der Waals surface area contributed by atoms with Crippen LogP contribution in [0.3, 0.4) is 0 Å². The maximum atomic E-state index is 12.5. The molecule has 2 rings (SSSR count). The van der Waals surface area contributed by atoms with Gasteiger partial charge in [-0.25, -0.2) is 4.79 Å². The number of esters is 1. The van der Waals surface area contributed by atoms with E-state index in [0.717, 1.165) is 56.9 Å². The van der Waals surface area contributed by atoms with E-state index >= 15 is 0 Å². The Morgan fingerprint density at radius 3 is 2.52 bits per heavy atom. The molecule has 0 radical (unpaired) electrons. The van der Waals surface area contributed by atoms with Crippen molar-refractivity contribution in [2.24, 2.45) is 0 Å². The smallest absolute Gasteiger partial charge is 0.341 e. The van der Waals surface area contributed by atoms with E-state index in [1.54, 1.807) is 11.3 Å². The lowest BCUT2D eigenvalue weighted by atomic mass is 9.96. The SMILES string of the molecule is CCCCCCC(=O)Nc1sc2c(c1C(=O)OCC)CCCCCC2. The third-order valence-corrected chi connectivity index (χ3v) is 5.87. The highest BCUT2D eigenvalue weighted by Crippen LogP contribution is 2.37. The number of rotatable bonds is 8. The minimum absolute atomic E-state index is 0.0101. The standard InChI is InChI=1S/C20H31NO3S/c1-3-5-6-11-14-17(22)21-19-18(20(23)24-4-2)15-12-9-7-8-10-13-16(15)25-19/h3-14H2,1-2H3,(H,21,22). The topological polar surface area (TPSA) is 55.4 Å². The molecule has 0 saturated carbocycles. The lowest BCUT2D eigenvalue weighted by Gasteiger charge is -2.11. The number of amides is 1. The zero-order chi connectivity index (χ0) is 18.1. The number of carbonyl (C=O) groups excluding carboxylic acids is 2. The van der Waals surface area contributed by atoms with Crippen LogP contribution in [-0.4, -0.2) is 18.5 Å². The molecule has 1 amide bonds. The van der Waals surface area contributed by atoms with E-state index in [9.17, 15) is 9.59 Å². The number of unbranched alkanes of at least 4 members (excludes halogenated alkanes) is 3. The fourth-order valence-corrected chi connectivity index (χ4v) is 4.62. The summed E-state index contributed by atoms with van der Waals surface area (Å²) >= 11 is 1.58. The summed E-state index contributed by atoms with van der Waals surface area (Å²) in [6.45, 7) is 4.33. The molecule has 1 aromatic rings. The predicted octanol–water partition coefficient (Wildman–Crippen LogP) is 5.49. The molecule has 1 aromatic heterocycles. The van der Waals surface area contributed by atoms with E-state index in [1.807, 2.05) is 6.92 Å². The first-order valence-electron chi connectivity index (χ1n) is 9.78. The number of hydrogen-bond donors (Lipinski definition) is 1. The van der Waals surface area contributed by atoms with Gasteiger partial charge in [0.2, 0.25) is 5.91 Å². The van der Waals surface area contributed by atoms with Gasteiger partial charge in [-0.2, -0.15) is 0 Å². The van der Waals surface area contributed by atoms with Crippen LogP contribution >= 0.6 is 11.3 Å². The molecule has 0 atom stereocenters. The van der Waals surface area contributed by atoms with Crippen LogP contribution in [0.1, 0.15) is 92.4 Å². The minimum atomic E-state index is -0.290. The second kappa shape index (κ2) is 10.6. The van der Waals surface area contributed by atoms with Gasteiger partial charge in [-0.1, -0.05) is 39.0 Å². The van der Waals surface area contributed by atoms with Gasteiger partial charge < -0.3 is 10.1 Å². The third-order valence-electron chi connectivity index (χ3n) is 4.66. The molecular formula is C20H31NO3S. The van der Waals surface area contributed by atoms with Crippen LogP contribution in [0.2, 0.25) is 0 Å². The Hall–Kier alpha value is -1.36. The Balaban J connectivity index is 2.16. The first-order valence-corrected chi connectivity index (χ1v) is 10.6. The number of ether oxygens (including phenoxy) is 1. The summed E-state index contributed by atoms with van der Waals surface area (Å²) in [6, 6.07) is 0. The number of anilines is 1. The van der Waals surface area contributed by atoms with E-state index in [1.165, 1.54) is 17.7 Å². The Labute approximate surface area is 155 Å². The van der Waals surface area contributed by atoms with Crippen LogP contribution in [0.5, 0.6) is 0 Å². The molecule has 1 N–H and O–H groups in total. The molecule has 0 spiro atoms. The van der Waals surface area contributed by atoms with Crippen molar-refractivity contribution < 1.29 is 14.3 Å². The van der Waals surface area contributed by atoms with Crippen LogP contribution in [0, 0.1) is 0 Å². The van der Waals surface area contributed by atoms with Gasteiger partial charge in [0.15, 0.2) is 0 Å². The summed E-state index contributed by atoms with van der Waals surface area (Å²) < 4.78 is 5.28. The summed E-state index contributed by atoms with van der Waals surface area (Å²) in [4.78, 5) is 26.1. The summed E-state index contributed by atoms with van der Waals surface area (Å²) in [6.07, 6.45) is 11.4. The van der Waals surface area contributed by atoms with Gasteiger partial charge in [0, 0.05) is 11.3 Å². The van der Waals surface area contributed by atoms with E-state index in [4.69, 9.17) is 4.74 Å². The van der Waals surface area contributed by atoms with Crippen LogP contribution in [0.25, 0.3) is 0 Å². The van der Waals surface area contributed by atoms with Crippen LogP contribution in [-0.2, 0) is 22.4 Å². The molecule has 1 aliphatic rings. The molecule has 1 heterocycles. The van der Waals surface area contributed by atoms with Gasteiger partial charge in [0.1, 0.15) is 5.00 Å². The molecule has 5 heteroatoms. The first-order chi connectivity index (χ1) is 12.2. The molecule has 25 heavy (non-hydrogen) atoms. The molecule has 140 valence electrons. The molecule has 0 bridgehead atoms. The van der Waals surface area contributed by atoms with E-state index < -0.39 is 0 Å². The lowest BCUT2D eigenvalue weighted by molar-refractivity contribution is -0.116. The van der Waals surface area contributed by atoms with E-state index in [0.29, 0.717) is 23.6 Å². The van der Waals surface area contributed by atoms with E-state index in [2.05, 4.69) is 12.2 Å². The Morgan fingerprint density at radius 1 is 1.04 bits per heavy atom. The number of thiophene rings is 1. The highest BCUT2D eigenvalue weighted by molar-refractivity contribution is 7.17. The van der Waals surface area contributed by atoms with Gasteiger partial charge in [0.25, 0.3) is 0 Å². The van der Waals surface area contributed by atoms with Crippen molar-refractivity contribution >= 4 is 28.2 Å². The van der Waals surface area contributed by atoms with Crippen molar-refractivity contribution in [3.05, 3.63) is 16.0 Å². The summed E-state index contributed by atoms with van der Waals surface area (Å²) in [5.74, 6) is -0.280. The number of nitrogens with one attached hydrogen (secondary N) is 1. The highest BCUT2D eigenvalue weighted by atomic mass is 32.1. The largest absolute Gasteiger partial charge is 0.462 e. The van der Waals surface area contributed by atoms with E-state index in [-0.39, 0.29) is 11.9 Å². The molecule has 4 nitrogen and oxygen atoms in total. The molecule has 0 unspecified atom stereocenters. The van der Waals surface area contributed by atoms with Crippen molar-refractivity contribution in [1.29, 1.82) is 0 Å². The van der Waals surface area contributed by atoms with Gasteiger partial charge in [-0.15, -0.1) is 11.3 Å². The average Bonchev–Trinajstić information content (AvgIpc) is 2.88. The van der Waals surface area contributed by atoms with Crippen molar-refractivity contribution in [3.8, 4) is 0 Å². The van der Waals surface area contributed by atoms with Crippen LogP contribution in [0.15, 0.2) is 0 Å². The number of aryl methyl sites for hydroxylation is 1. The second-order valence-corrected chi connectivity index (χ2v) is 7.81. The van der Waals surface area contributed by atoms with Gasteiger partial charge in [-0.05, 0) is 44.6 Å². The fourth-order valence-electron chi connectivity index (χ4n) is 3.33. The summed E-state index contributed by atoms with van der Waals surface area (Å²) in [7, 11) is 0. The highest BCUT2D eigenvalue weighted by Gasteiger charge is 2.26. The molecular weight excluding hydrogens is 334 g/mol. The van der Waals surface area contributed by atoms with Crippen molar-refractivity contribution in [1.82, 2.24) is 0 Å². The normalized spacial score (nSPS) is 14.3. The molecule has 0 aliphatic heterocycles. The summed E-state index contributed by atoms with van der Waals surface area (Å²) in [5.41, 5.74) is 1.73. The molecule has 1 aliphatic carbocycles. The first kappa shape index (κ1) is 20.0. The van der Waals surface area contributed by atoms with Gasteiger partial charge in [-0.3, -0.25) is 4.79 Å². The quantitative estimate of drug-likeness (QED) is 0.489. The zero-order valence-electron chi connectivity index (χ0n) is 15.6. The zero-order valence-corrected chi connectivity index (χ0v) is 16.4. The lowest BCUT2D eigenvalue weighted by Crippen LogP contribution is -2.15. The minimum Gasteiger partial charge on any atom is -0.462 e. The van der Waals surface area contributed by atoms with Crippen molar-refractivity contribution in [2.45, 2.75) is 84.5 Å². The van der Waals surface area contributed by atoms with Crippen molar-refractivity contribution in [2.75, 3.05) is 11.9 Å². The molecule has 0 aromatic carbocycles. The van der Waals surface area contributed by atoms with Gasteiger partial charge in [0.05, 0.1) is 12.2 Å².